The van der Waals surface area contributed by atoms with Crippen LogP contribution in [0.3, 0.4) is 0 Å². The van der Waals surface area contributed by atoms with E-state index in [-0.39, 0.29) is 36.1 Å². The van der Waals surface area contributed by atoms with Crippen LogP contribution in [0.1, 0.15) is 36.3 Å². The van der Waals surface area contributed by atoms with E-state index in [1.807, 2.05) is 0 Å². The molecule has 0 bridgehead atoms. The van der Waals surface area contributed by atoms with Gasteiger partial charge in [-0.3, -0.25) is 9.78 Å². The van der Waals surface area contributed by atoms with Crippen LogP contribution in [-0.2, 0) is 4.79 Å². The van der Waals surface area contributed by atoms with Crippen LogP contribution in [0.15, 0.2) is 41.8 Å². The molecule has 1 saturated carbocycles. The first-order chi connectivity index (χ1) is 14.1. The predicted molar refractivity (Wildman–Crippen MR) is 110 cm³/mol. The van der Waals surface area contributed by atoms with Crippen LogP contribution in [0.25, 0.3) is 0 Å². The number of carbonyl (C=O) groups excluding carboxylic acids is 1. The summed E-state index contributed by atoms with van der Waals surface area (Å²) in [6, 6.07) is 6.70. The third-order valence-electron chi connectivity index (χ3n) is 4.88. The van der Waals surface area contributed by atoms with Crippen molar-refractivity contribution in [3.63, 3.8) is 0 Å². The number of hydrogen-bond donors (Lipinski definition) is 3. The molecule has 1 amide bonds. The lowest BCUT2D eigenvalue weighted by atomic mass is 9.83. The fourth-order valence-corrected chi connectivity index (χ4v) is 3.75. The van der Waals surface area contributed by atoms with Gasteiger partial charge in [0.1, 0.15) is 5.15 Å². The summed E-state index contributed by atoms with van der Waals surface area (Å²) in [7, 11) is 1.53. The molecule has 2 unspecified atom stereocenters. The predicted octanol–water partition coefficient (Wildman–Crippen LogP) is 2.71. The van der Waals surface area contributed by atoms with E-state index in [4.69, 9.17) is 23.2 Å². The molecule has 5 N–H and O–H groups in total. The number of nitrogens with one attached hydrogen (secondary N) is 1. The third-order valence-corrected chi connectivity index (χ3v) is 5.07. The van der Waals surface area contributed by atoms with Gasteiger partial charge >= 0.3 is 0 Å². The van der Waals surface area contributed by atoms with Crippen molar-refractivity contribution in [2.24, 2.45) is 22.6 Å². The Labute approximate surface area is 177 Å². The molecule has 1 aromatic heterocycles. The lowest BCUT2D eigenvalue weighted by Gasteiger charge is -2.23. The molecule has 30 heavy (non-hydrogen) atoms. The summed E-state index contributed by atoms with van der Waals surface area (Å²) in [5.74, 6) is 1.23. The standard InChI is InChI=1S/C19H22ClF2N7O/c1-29(24)28-17(23)12-4-2-11(3-5-12)16(13-6-7-19(21,22)8-13)18(30)27-15-10-25-9-14(20)26-15/h2-5,9-10,13,16H,6-8,24H2,1H3,(H2,23,28)(H,26,27,30). The zero-order valence-corrected chi connectivity index (χ0v) is 17.0. The molecule has 160 valence electrons. The minimum Gasteiger partial charge on any atom is -0.382 e. The second kappa shape index (κ2) is 8.88. The van der Waals surface area contributed by atoms with Gasteiger partial charge in [0.15, 0.2) is 11.7 Å². The van der Waals surface area contributed by atoms with Crippen LogP contribution >= 0.6 is 11.6 Å². The maximum absolute atomic E-state index is 13.9. The molecule has 8 nitrogen and oxygen atoms in total. The SMILES string of the molecule is CN(N)/N=C(\N)c1ccc(C(C(=O)Nc2cncc(Cl)n2)C2CCC(F)(F)C2)cc1. The van der Waals surface area contributed by atoms with E-state index in [2.05, 4.69) is 20.4 Å². The highest BCUT2D eigenvalue weighted by molar-refractivity contribution is 6.29. The fraction of sp³-hybridized carbons (Fsp3) is 0.368. The number of amidine groups is 1. The molecule has 3 rings (SSSR count). The first-order valence-corrected chi connectivity index (χ1v) is 9.61. The first-order valence-electron chi connectivity index (χ1n) is 9.24. The van der Waals surface area contributed by atoms with Crippen molar-refractivity contribution in [3.8, 4) is 0 Å². The van der Waals surface area contributed by atoms with E-state index in [1.54, 1.807) is 24.3 Å². The molecular formula is C19H22ClF2N7O. The second-order valence-corrected chi connectivity index (χ2v) is 7.62. The number of halogens is 3. The maximum atomic E-state index is 13.9. The van der Waals surface area contributed by atoms with Gasteiger partial charge in [-0.1, -0.05) is 35.9 Å². The molecule has 0 saturated heterocycles. The number of hydrogen-bond acceptors (Lipinski definition) is 6. The molecule has 0 radical (unpaired) electrons. The first kappa shape index (κ1) is 21.8. The number of nitrogens with two attached hydrogens (primary N) is 2. The Hall–Kier alpha value is -2.85. The van der Waals surface area contributed by atoms with Crippen LogP contribution in [-0.4, -0.2) is 39.8 Å². The number of nitrogens with zero attached hydrogens (tertiary/aromatic N) is 4. The molecule has 1 fully saturated rings. The molecule has 1 aliphatic rings. The highest BCUT2D eigenvalue weighted by atomic mass is 35.5. The lowest BCUT2D eigenvalue weighted by Crippen LogP contribution is -2.28. The summed E-state index contributed by atoms with van der Waals surface area (Å²) in [5, 5.41) is 7.74. The number of alkyl halides is 2. The van der Waals surface area contributed by atoms with Gasteiger partial charge in [0, 0.05) is 25.5 Å². The van der Waals surface area contributed by atoms with Gasteiger partial charge in [-0.2, -0.15) is 0 Å². The van der Waals surface area contributed by atoms with Gasteiger partial charge in [0.05, 0.1) is 18.3 Å². The Morgan fingerprint density at radius 3 is 2.63 bits per heavy atom. The van der Waals surface area contributed by atoms with Crippen molar-refractivity contribution in [3.05, 3.63) is 52.9 Å². The average Bonchev–Trinajstić information content (AvgIpc) is 3.01. The van der Waals surface area contributed by atoms with Crippen LogP contribution in [0.5, 0.6) is 0 Å². The van der Waals surface area contributed by atoms with E-state index in [0.717, 1.165) is 5.12 Å². The zero-order chi connectivity index (χ0) is 21.9. The van der Waals surface area contributed by atoms with Crippen LogP contribution in [0, 0.1) is 5.92 Å². The Morgan fingerprint density at radius 1 is 1.37 bits per heavy atom. The van der Waals surface area contributed by atoms with Crippen molar-refractivity contribution in [2.45, 2.75) is 31.1 Å². The quantitative estimate of drug-likeness (QED) is 0.276. The van der Waals surface area contributed by atoms with Crippen molar-refractivity contribution in [1.82, 2.24) is 15.1 Å². The van der Waals surface area contributed by atoms with Gasteiger partial charge in [-0.15, -0.1) is 5.10 Å². The van der Waals surface area contributed by atoms with Gasteiger partial charge in [-0.05, 0) is 17.9 Å². The average molecular weight is 438 g/mol. The molecule has 1 aliphatic carbocycles. The molecule has 2 aromatic rings. The van der Waals surface area contributed by atoms with Gasteiger partial charge in [-0.25, -0.2) is 24.7 Å². The van der Waals surface area contributed by atoms with Gasteiger partial charge < -0.3 is 11.1 Å². The largest absolute Gasteiger partial charge is 0.382 e. The van der Waals surface area contributed by atoms with Crippen molar-refractivity contribution in [2.75, 3.05) is 12.4 Å². The van der Waals surface area contributed by atoms with E-state index in [9.17, 15) is 13.6 Å². The summed E-state index contributed by atoms with van der Waals surface area (Å²) in [5.41, 5.74) is 7.05. The monoisotopic (exact) mass is 437 g/mol. The molecule has 0 aliphatic heterocycles. The zero-order valence-electron chi connectivity index (χ0n) is 16.2. The highest BCUT2D eigenvalue weighted by Gasteiger charge is 2.45. The minimum atomic E-state index is -2.79. The summed E-state index contributed by atoms with van der Waals surface area (Å²) >= 11 is 5.81. The summed E-state index contributed by atoms with van der Waals surface area (Å²) in [4.78, 5) is 20.9. The topological polar surface area (TPSA) is 123 Å². The number of benzene rings is 1. The fourth-order valence-electron chi connectivity index (χ4n) is 3.60. The minimum absolute atomic E-state index is 0.112. The maximum Gasteiger partial charge on any atom is 0.248 e. The molecule has 1 aromatic carbocycles. The molecule has 11 heteroatoms. The third kappa shape index (κ3) is 5.39. The lowest BCUT2D eigenvalue weighted by molar-refractivity contribution is -0.118. The Balaban J connectivity index is 1.89. The van der Waals surface area contributed by atoms with E-state index in [1.165, 1.54) is 19.4 Å². The number of hydrazone groups is 1. The number of amides is 1. The van der Waals surface area contributed by atoms with Crippen molar-refractivity contribution < 1.29 is 13.6 Å². The highest BCUT2D eigenvalue weighted by Crippen LogP contribution is 2.45. The number of aromatic nitrogens is 2. The smallest absolute Gasteiger partial charge is 0.248 e. The molecule has 1 heterocycles. The molecule has 0 spiro atoms. The van der Waals surface area contributed by atoms with Crippen LogP contribution in [0.2, 0.25) is 5.15 Å². The van der Waals surface area contributed by atoms with Crippen LogP contribution < -0.4 is 16.9 Å². The molecule has 2 atom stereocenters. The summed E-state index contributed by atoms with van der Waals surface area (Å²) in [6.07, 6.45) is 2.29. The summed E-state index contributed by atoms with van der Waals surface area (Å²) < 4.78 is 27.8. The Morgan fingerprint density at radius 2 is 2.07 bits per heavy atom. The second-order valence-electron chi connectivity index (χ2n) is 7.23. The number of carbonyl (C=O) groups is 1. The Kier molecular flexibility index (Phi) is 6.47. The van der Waals surface area contributed by atoms with Crippen molar-refractivity contribution in [1.29, 1.82) is 0 Å². The number of rotatable bonds is 6. The van der Waals surface area contributed by atoms with E-state index in [0.29, 0.717) is 11.1 Å². The molecular weight excluding hydrogens is 416 g/mol. The van der Waals surface area contributed by atoms with E-state index < -0.39 is 23.7 Å². The summed E-state index contributed by atoms with van der Waals surface area (Å²) in [6.45, 7) is 0. The van der Waals surface area contributed by atoms with Gasteiger partial charge in [0.2, 0.25) is 11.8 Å². The number of anilines is 1. The Bertz CT molecular complexity index is 937. The van der Waals surface area contributed by atoms with Gasteiger partial charge in [0.25, 0.3) is 0 Å². The normalized spacial score (nSPS) is 19.4. The van der Waals surface area contributed by atoms with Crippen LogP contribution in [0.4, 0.5) is 14.6 Å². The van der Waals surface area contributed by atoms with E-state index >= 15 is 0 Å². The number of hydrazine groups is 1. The van der Waals surface area contributed by atoms with Crippen molar-refractivity contribution >= 4 is 29.2 Å².